The van der Waals surface area contributed by atoms with E-state index in [0.29, 0.717) is 5.88 Å². The fourth-order valence-electron chi connectivity index (χ4n) is 1.60. The minimum absolute atomic E-state index is 0.402. The second-order valence-corrected chi connectivity index (χ2v) is 5.53. The normalized spacial score (nSPS) is 12.3. The molecule has 82 valence electrons. The van der Waals surface area contributed by atoms with Crippen LogP contribution >= 0.6 is 19.4 Å². The SMILES string of the molecule is O=[PH](c1ccccc1)c1ccccc1CCl. The van der Waals surface area contributed by atoms with Gasteiger partial charge in [-0.3, -0.25) is 0 Å². The molecule has 0 saturated heterocycles. The van der Waals surface area contributed by atoms with E-state index in [4.69, 9.17) is 11.6 Å². The summed E-state index contributed by atoms with van der Waals surface area (Å²) < 4.78 is 12.4. The molecule has 0 aliphatic carbocycles. The van der Waals surface area contributed by atoms with Crippen molar-refractivity contribution in [3.8, 4) is 0 Å². The van der Waals surface area contributed by atoms with E-state index in [2.05, 4.69) is 0 Å². The highest BCUT2D eigenvalue weighted by Crippen LogP contribution is 2.22. The first-order valence-corrected chi connectivity index (χ1v) is 7.01. The number of rotatable bonds is 3. The average molecular weight is 251 g/mol. The molecule has 1 nitrogen and oxygen atoms in total. The Labute approximate surface area is 101 Å². The fourth-order valence-corrected chi connectivity index (χ4v) is 3.47. The first-order chi connectivity index (χ1) is 7.83. The molecule has 16 heavy (non-hydrogen) atoms. The van der Waals surface area contributed by atoms with Gasteiger partial charge in [-0.25, -0.2) is 0 Å². The van der Waals surface area contributed by atoms with Gasteiger partial charge in [0.15, 0.2) is 0 Å². The van der Waals surface area contributed by atoms with Crippen molar-refractivity contribution < 1.29 is 4.57 Å². The molecule has 0 aromatic heterocycles. The third-order valence-corrected chi connectivity index (χ3v) is 4.56. The maximum Gasteiger partial charge on any atom is 0.132 e. The topological polar surface area (TPSA) is 17.1 Å². The molecule has 1 unspecified atom stereocenters. The van der Waals surface area contributed by atoms with Gasteiger partial charge in [-0.05, 0) is 5.56 Å². The Kier molecular flexibility index (Phi) is 3.82. The van der Waals surface area contributed by atoms with Gasteiger partial charge in [0.25, 0.3) is 0 Å². The zero-order valence-corrected chi connectivity index (χ0v) is 10.4. The van der Waals surface area contributed by atoms with Crippen LogP contribution in [-0.2, 0) is 10.4 Å². The highest BCUT2D eigenvalue weighted by Gasteiger charge is 2.09. The number of hydrogen-bond acceptors (Lipinski definition) is 1. The van der Waals surface area contributed by atoms with Gasteiger partial charge in [0.2, 0.25) is 0 Å². The van der Waals surface area contributed by atoms with Gasteiger partial charge < -0.3 is 4.57 Å². The molecule has 0 amide bonds. The third-order valence-electron chi connectivity index (χ3n) is 2.44. The Morgan fingerprint density at radius 2 is 1.56 bits per heavy atom. The van der Waals surface area contributed by atoms with Gasteiger partial charge >= 0.3 is 0 Å². The molecule has 0 bridgehead atoms. The summed E-state index contributed by atoms with van der Waals surface area (Å²) in [6.45, 7) is 0. The molecule has 2 aromatic rings. The van der Waals surface area contributed by atoms with Crippen LogP contribution in [0.15, 0.2) is 54.6 Å². The maximum atomic E-state index is 12.4. The Balaban J connectivity index is 2.42. The van der Waals surface area contributed by atoms with Crippen LogP contribution in [0.25, 0.3) is 0 Å². The molecule has 0 heterocycles. The summed E-state index contributed by atoms with van der Waals surface area (Å²) >= 11 is 5.84. The lowest BCUT2D eigenvalue weighted by molar-refractivity contribution is 0.598. The van der Waals surface area contributed by atoms with Crippen LogP contribution in [0.2, 0.25) is 0 Å². The molecule has 0 spiro atoms. The van der Waals surface area contributed by atoms with E-state index in [0.717, 1.165) is 16.2 Å². The number of hydrogen-bond donors (Lipinski definition) is 0. The van der Waals surface area contributed by atoms with Crippen molar-refractivity contribution in [2.75, 3.05) is 0 Å². The van der Waals surface area contributed by atoms with Crippen molar-refractivity contribution in [2.45, 2.75) is 5.88 Å². The highest BCUT2D eigenvalue weighted by atomic mass is 35.5. The summed E-state index contributed by atoms with van der Waals surface area (Å²) in [6.07, 6.45) is 0. The van der Waals surface area contributed by atoms with Crippen LogP contribution in [0.3, 0.4) is 0 Å². The van der Waals surface area contributed by atoms with E-state index < -0.39 is 7.80 Å². The van der Waals surface area contributed by atoms with E-state index in [1.54, 1.807) is 0 Å². The van der Waals surface area contributed by atoms with Crippen LogP contribution in [-0.4, -0.2) is 0 Å². The maximum absolute atomic E-state index is 12.4. The van der Waals surface area contributed by atoms with Crippen molar-refractivity contribution >= 4 is 30.0 Å². The van der Waals surface area contributed by atoms with Crippen LogP contribution in [0.5, 0.6) is 0 Å². The minimum Gasteiger partial charge on any atom is -0.317 e. The zero-order valence-electron chi connectivity index (χ0n) is 8.69. The molecular formula is C13H12ClOP. The Hall–Kier alpha value is -1.04. The summed E-state index contributed by atoms with van der Waals surface area (Å²) in [5, 5.41) is 1.75. The monoisotopic (exact) mass is 250 g/mol. The summed E-state index contributed by atoms with van der Waals surface area (Å²) in [5.41, 5.74) is 0.955. The van der Waals surface area contributed by atoms with Crippen LogP contribution in [0.4, 0.5) is 0 Å². The van der Waals surface area contributed by atoms with E-state index in [9.17, 15) is 4.57 Å². The van der Waals surface area contributed by atoms with Gasteiger partial charge in [0.1, 0.15) is 7.80 Å². The van der Waals surface area contributed by atoms with Crippen LogP contribution in [0.1, 0.15) is 5.56 Å². The van der Waals surface area contributed by atoms with Gasteiger partial charge in [-0.15, -0.1) is 11.6 Å². The quantitative estimate of drug-likeness (QED) is 0.605. The summed E-state index contributed by atoms with van der Waals surface area (Å²) in [5.74, 6) is 0.402. The lowest BCUT2D eigenvalue weighted by Crippen LogP contribution is -2.10. The summed E-state index contributed by atoms with van der Waals surface area (Å²) in [6, 6.07) is 17.2. The van der Waals surface area contributed by atoms with E-state index >= 15 is 0 Å². The molecule has 0 N–H and O–H groups in total. The van der Waals surface area contributed by atoms with Gasteiger partial charge in [0.05, 0.1) is 0 Å². The molecule has 0 aliphatic rings. The summed E-state index contributed by atoms with van der Waals surface area (Å²) in [7, 11) is -1.92. The largest absolute Gasteiger partial charge is 0.317 e. The fraction of sp³-hybridized carbons (Fsp3) is 0.0769. The molecule has 1 atom stereocenters. The molecule has 0 saturated carbocycles. The Morgan fingerprint density at radius 1 is 0.938 bits per heavy atom. The molecule has 0 radical (unpaired) electrons. The first-order valence-electron chi connectivity index (χ1n) is 5.06. The van der Waals surface area contributed by atoms with Gasteiger partial charge in [-0.2, -0.15) is 0 Å². The smallest absolute Gasteiger partial charge is 0.132 e. The highest BCUT2D eigenvalue weighted by molar-refractivity contribution is 7.61. The Bertz CT molecular complexity index is 496. The van der Waals surface area contributed by atoms with Crippen LogP contribution in [0, 0.1) is 0 Å². The van der Waals surface area contributed by atoms with E-state index in [-0.39, 0.29) is 0 Å². The van der Waals surface area contributed by atoms with Crippen molar-refractivity contribution in [2.24, 2.45) is 0 Å². The Morgan fingerprint density at radius 3 is 2.25 bits per heavy atom. The zero-order chi connectivity index (χ0) is 11.4. The van der Waals surface area contributed by atoms with Gasteiger partial charge in [-0.1, -0.05) is 54.6 Å². The minimum atomic E-state index is -1.92. The van der Waals surface area contributed by atoms with Crippen LogP contribution < -0.4 is 10.6 Å². The van der Waals surface area contributed by atoms with E-state index in [1.807, 2.05) is 54.6 Å². The average Bonchev–Trinajstić information content (AvgIpc) is 2.39. The molecule has 3 heteroatoms. The third kappa shape index (κ3) is 2.37. The molecular weight excluding hydrogens is 239 g/mol. The number of alkyl halides is 1. The molecule has 0 aliphatic heterocycles. The lowest BCUT2D eigenvalue weighted by Gasteiger charge is -2.06. The van der Waals surface area contributed by atoms with Crippen molar-refractivity contribution in [1.29, 1.82) is 0 Å². The second-order valence-electron chi connectivity index (χ2n) is 3.49. The molecule has 2 aromatic carbocycles. The van der Waals surface area contributed by atoms with E-state index in [1.165, 1.54) is 0 Å². The standard InChI is InChI=1S/C13H12ClOP/c14-10-11-6-4-5-9-13(11)16(15)12-7-2-1-3-8-12/h1-9,16H,10H2. The number of benzene rings is 2. The molecule has 0 fully saturated rings. The molecule has 2 rings (SSSR count). The van der Waals surface area contributed by atoms with Crippen molar-refractivity contribution in [1.82, 2.24) is 0 Å². The summed E-state index contributed by atoms with van der Waals surface area (Å²) in [4.78, 5) is 0. The predicted molar refractivity (Wildman–Crippen MR) is 70.7 cm³/mol. The lowest BCUT2D eigenvalue weighted by atomic mass is 10.2. The number of halogens is 1. The van der Waals surface area contributed by atoms with Crippen molar-refractivity contribution in [3.05, 3.63) is 60.2 Å². The predicted octanol–water partition coefficient (Wildman–Crippen LogP) is 2.94. The second kappa shape index (κ2) is 5.34. The van der Waals surface area contributed by atoms with Crippen molar-refractivity contribution in [3.63, 3.8) is 0 Å². The first kappa shape index (κ1) is 11.4. The van der Waals surface area contributed by atoms with Gasteiger partial charge in [0, 0.05) is 16.5 Å².